The van der Waals surface area contributed by atoms with Gasteiger partial charge in [-0.3, -0.25) is 0 Å². The molecule has 3 nitrogen and oxygen atoms in total. The molecule has 0 atom stereocenters. The summed E-state index contributed by atoms with van der Waals surface area (Å²) in [5.41, 5.74) is 1.85. The van der Waals surface area contributed by atoms with Crippen LogP contribution in [0.4, 0.5) is 0 Å². The third-order valence-electron chi connectivity index (χ3n) is 2.36. The number of aryl methyl sites for hydroxylation is 1. The van der Waals surface area contributed by atoms with E-state index in [1.807, 2.05) is 6.92 Å². The summed E-state index contributed by atoms with van der Waals surface area (Å²) in [5.74, 6) is 1.16. The van der Waals surface area contributed by atoms with Crippen LogP contribution in [0.15, 0.2) is 6.20 Å². The molecular weight excluding hydrogens is 224 g/mol. The Morgan fingerprint density at radius 1 is 1.44 bits per heavy atom. The van der Waals surface area contributed by atoms with Crippen LogP contribution in [0.3, 0.4) is 0 Å². The van der Waals surface area contributed by atoms with Crippen molar-refractivity contribution in [1.82, 2.24) is 9.97 Å². The molecule has 0 radical (unpaired) electrons. The lowest BCUT2D eigenvalue weighted by Gasteiger charge is -2.07. The van der Waals surface area contributed by atoms with E-state index in [9.17, 15) is 0 Å². The fourth-order valence-corrected chi connectivity index (χ4v) is 1.59. The zero-order valence-corrected chi connectivity index (χ0v) is 10.9. The van der Waals surface area contributed by atoms with Crippen molar-refractivity contribution in [3.8, 4) is 6.01 Å². The molecule has 0 N–H and O–H groups in total. The van der Waals surface area contributed by atoms with Gasteiger partial charge in [0.1, 0.15) is 0 Å². The standard InChI is InChI=1S/C12H19ClN2O/c1-9(2)5-4-6-16-12-14-8-11(7-13)10(3)15-12/h8-9H,4-7H2,1-3H3. The zero-order chi connectivity index (χ0) is 12.0. The highest BCUT2D eigenvalue weighted by Crippen LogP contribution is 2.11. The molecule has 0 amide bonds. The molecule has 0 aromatic carbocycles. The third-order valence-corrected chi connectivity index (χ3v) is 2.65. The van der Waals surface area contributed by atoms with Gasteiger partial charge < -0.3 is 4.74 Å². The summed E-state index contributed by atoms with van der Waals surface area (Å²) >= 11 is 5.73. The summed E-state index contributed by atoms with van der Waals surface area (Å²) in [5, 5.41) is 0. The maximum atomic E-state index is 5.73. The van der Waals surface area contributed by atoms with Crippen molar-refractivity contribution >= 4 is 11.6 Å². The van der Waals surface area contributed by atoms with Gasteiger partial charge in [-0.1, -0.05) is 13.8 Å². The minimum absolute atomic E-state index is 0.444. The fraction of sp³-hybridized carbons (Fsp3) is 0.667. The first-order valence-electron chi connectivity index (χ1n) is 5.64. The molecule has 0 spiro atoms. The van der Waals surface area contributed by atoms with Crippen LogP contribution in [-0.4, -0.2) is 16.6 Å². The van der Waals surface area contributed by atoms with Crippen molar-refractivity contribution in [1.29, 1.82) is 0 Å². The molecule has 0 aliphatic carbocycles. The summed E-state index contributed by atoms with van der Waals surface area (Å²) in [6, 6.07) is 0.454. The average molecular weight is 243 g/mol. The molecule has 0 aliphatic rings. The lowest BCUT2D eigenvalue weighted by Crippen LogP contribution is -2.04. The second-order valence-electron chi connectivity index (χ2n) is 4.28. The van der Waals surface area contributed by atoms with Gasteiger partial charge in [0.15, 0.2) is 0 Å². The number of halogens is 1. The van der Waals surface area contributed by atoms with Gasteiger partial charge in [0.2, 0.25) is 0 Å². The first kappa shape index (κ1) is 13.2. The highest BCUT2D eigenvalue weighted by atomic mass is 35.5. The van der Waals surface area contributed by atoms with Crippen LogP contribution in [-0.2, 0) is 5.88 Å². The average Bonchev–Trinajstić information content (AvgIpc) is 2.24. The van der Waals surface area contributed by atoms with Gasteiger partial charge in [-0.05, 0) is 25.7 Å². The smallest absolute Gasteiger partial charge is 0.316 e. The number of rotatable bonds is 6. The van der Waals surface area contributed by atoms with Crippen molar-refractivity contribution in [2.75, 3.05) is 6.61 Å². The molecule has 1 aromatic heterocycles. The van der Waals surface area contributed by atoms with E-state index in [0.717, 1.165) is 17.7 Å². The molecule has 16 heavy (non-hydrogen) atoms. The molecule has 1 heterocycles. The molecule has 4 heteroatoms. The quantitative estimate of drug-likeness (QED) is 0.567. The molecule has 1 rings (SSSR count). The molecule has 0 unspecified atom stereocenters. The van der Waals surface area contributed by atoms with Gasteiger partial charge in [0.25, 0.3) is 0 Å². The van der Waals surface area contributed by atoms with Crippen LogP contribution in [0.5, 0.6) is 6.01 Å². The van der Waals surface area contributed by atoms with Crippen molar-refractivity contribution in [2.24, 2.45) is 5.92 Å². The van der Waals surface area contributed by atoms with Crippen LogP contribution in [0.1, 0.15) is 37.9 Å². The fourth-order valence-electron chi connectivity index (χ4n) is 1.33. The second-order valence-corrected chi connectivity index (χ2v) is 4.55. The maximum absolute atomic E-state index is 5.73. The monoisotopic (exact) mass is 242 g/mol. The van der Waals surface area contributed by atoms with Gasteiger partial charge in [-0.2, -0.15) is 0 Å². The first-order valence-corrected chi connectivity index (χ1v) is 6.18. The van der Waals surface area contributed by atoms with Crippen LogP contribution in [0.25, 0.3) is 0 Å². The van der Waals surface area contributed by atoms with Crippen LogP contribution >= 0.6 is 11.6 Å². The molecule has 0 aliphatic heterocycles. The second kappa shape index (κ2) is 6.69. The summed E-state index contributed by atoms with van der Waals surface area (Å²) < 4.78 is 5.47. The van der Waals surface area contributed by atoms with Crippen LogP contribution < -0.4 is 4.74 Å². The van der Waals surface area contributed by atoms with E-state index in [4.69, 9.17) is 16.3 Å². The van der Waals surface area contributed by atoms with E-state index < -0.39 is 0 Å². The lowest BCUT2D eigenvalue weighted by molar-refractivity contribution is 0.275. The molecule has 0 fully saturated rings. The molecule has 1 aromatic rings. The summed E-state index contributed by atoms with van der Waals surface area (Å²) in [6.07, 6.45) is 3.93. The first-order chi connectivity index (χ1) is 7.63. The Balaban J connectivity index is 2.40. The lowest BCUT2D eigenvalue weighted by atomic mass is 10.1. The molecule has 0 saturated heterocycles. The topological polar surface area (TPSA) is 35.0 Å². The predicted molar refractivity (Wildman–Crippen MR) is 65.9 cm³/mol. The van der Waals surface area contributed by atoms with Gasteiger partial charge in [0, 0.05) is 17.5 Å². The minimum Gasteiger partial charge on any atom is -0.463 e. The van der Waals surface area contributed by atoms with Crippen LogP contribution in [0.2, 0.25) is 0 Å². The highest BCUT2D eigenvalue weighted by molar-refractivity contribution is 6.17. The van der Waals surface area contributed by atoms with Crippen molar-refractivity contribution in [3.63, 3.8) is 0 Å². The molecule has 90 valence electrons. The summed E-state index contributed by atoms with van der Waals surface area (Å²) in [6.45, 7) is 7.00. The van der Waals surface area contributed by atoms with Crippen molar-refractivity contribution in [2.45, 2.75) is 39.5 Å². The Hall–Kier alpha value is -0.830. The Kier molecular flexibility index (Phi) is 5.53. The number of hydrogen-bond acceptors (Lipinski definition) is 3. The Morgan fingerprint density at radius 2 is 2.19 bits per heavy atom. The number of alkyl halides is 1. The van der Waals surface area contributed by atoms with E-state index in [1.165, 1.54) is 6.42 Å². The van der Waals surface area contributed by atoms with E-state index in [-0.39, 0.29) is 0 Å². The van der Waals surface area contributed by atoms with Crippen LogP contribution in [0, 0.1) is 12.8 Å². The maximum Gasteiger partial charge on any atom is 0.316 e. The Morgan fingerprint density at radius 3 is 2.75 bits per heavy atom. The van der Waals surface area contributed by atoms with E-state index in [0.29, 0.717) is 24.4 Å². The molecule has 0 bridgehead atoms. The van der Waals surface area contributed by atoms with Gasteiger partial charge in [-0.25, -0.2) is 9.97 Å². The third kappa shape index (κ3) is 4.35. The largest absolute Gasteiger partial charge is 0.463 e. The summed E-state index contributed by atoms with van der Waals surface area (Å²) in [7, 11) is 0. The van der Waals surface area contributed by atoms with Gasteiger partial charge in [0.05, 0.1) is 12.5 Å². The summed E-state index contributed by atoms with van der Waals surface area (Å²) in [4.78, 5) is 8.35. The van der Waals surface area contributed by atoms with Gasteiger partial charge >= 0.3 is 6.01 Å². The highest BCUT2D eigenvalue weighted by Gasteiger charge is 2.03. The van der Waals surface area contributed by atoms with Crippen molar-refractivity contribution < 1.29 is 4.74 Å². The van der Waals surface area contributed by atoms with E-state index in [1.54, 1.807) is 6.20 Å². The number of hydrogen-bond donors (Lipinski definition) is 0. The minimum atomic E-state index is 0.444. The van der Waals surface area contributed by atoms with E-state index in [2.05, 4.69) is 23.8 Å². The van der Waals surface area contributed by atoms with Gasteiger partial charge in [-0.15, -0.1) is 11.6 Å². The predicted octanol–water partition coefficient (Wildman–Crippen LogP) is 3.34. The van der Waals surface area contributed by atoms with Crippen molar-refractivity contribution in [3.05, 3.63) is 17.5 Å². The van der Waals surface area contributed by atoms with E-state index >= 15 is 0 Å². The SMILES string of the molecule is Cc1nc(OCCCC(C)C)ncc1CCl. The molecular formula is C12H19ClN2O. The Labute approximate surface area is 102 Å². The molecule has 0 saturated carbocycles. The normalized spacial score (nSPS) is 10.8. The Bertz CT molecular complexity index is 329. The number of ether oxygens (including phenoxy) is 1. The zero-order valence-electron chi connectivity index (χ0n) is 10.2. The number of nitrogens with zero attached hydrogens (tertiary/aromatic N) is 2. The number of aromatic nitrogens is 2.